The first-order valence-corrected chi connectivity index (χ1v) is 12.8. The van der Waals surface area contributed by atoms with Gasteiger partial charge in [-0.05, 0) is 45.1 Å². The number of amides is 1. The van der Waals surface area contributed by atoms with Crippen molar-refractivity contribution in [3.63, 3.8) is 0 Å². The molecule has 0 bridgehead atoms. The Labute approximate surface area is 230 Å². The number of carbonyl (C=O) groups excluding carboxylic acids is 1. The number of benzene rings is 3. The molecule has 2 heterocycles. The van der Waals surface area contributed by atoms with Gasteiger partial charge in [-0.25, -0.2) is 4.79 Å². The van der Waals surface area contributed by atoms with E-state index in [9.17, 15) is 14.7 Å². The molecule has 0 saturated heterocycles. The molecule has 0 aliphatic heterocycles. The van der Waals surface area contributed by atoms with E-state index in [2.05, 4.69) is 31.2 Å². The van der Waals surface area contributed by atoms with Crippen LogP contribution in [0.4, 0.5) is 0 Å². The zero-order valence-electron chi connectivity index (χ0n) is 19.1. The second kappa shape index (κ2) is 10.5. The zero-order chi connectivity index (χ0) is 26.1. The van der Waals surface area contributed by atoms with Gasteiger partial charge < -0.3 is 10.4 Å². The molecule has 2 N–H and O–H groups in total. The van der Waals surface area contributed by atoms with Crippen molar-refractivity contribution in [1.29, 1.82) is 0 Å². The number of carbonyl (C=O) groups is 2. The molecule has 0 aliphatic carbocycles. The lowest BCUT2D eigenvalue weighted by Crippen LogP contribution is -2.42. The number of aliphatic carboxylic acids is 1. The van der Waals surface area contributed by atoms with Gasteiger partial charge >= 0.3 is 5.97 Å². The highest BCUT2D eigenvalue weighted by Gasteiger charge is 2.25. The van der Waals surface area contributed by atoms with Crippen LogP contribution in [-0.4, -0.2) is 33.0 Å². The Balaban J connectivity index is 1.53. The van der Waals surface area contributed by atoms with Gasteiger partial charge in [-0.15, -0.1) is 0 Å². The second-order valence-corrected chi connectivity index (χ2v) is 9.95. The lowest BCUT2D eigenvalue weighted by atomic mass is 9.96. The number of pyridine rings is 2. The third-order valence-electron chi connectivity index (χ3n) is 6.07. The van der Waals surface area contributed by atoms with E-state index in [0.29, 0.717) is 11.1 Å². The molecular weight excluding hydrogens is 577 g/mol. The molecule has 5 rings (SSSR count). The first-order valence-electron chi connectivity index (χ1n) is 11.2. The van der Waals surface area contributed by atoms with E-state index in [1.807, 2.05) is 48.7 Å². The third-order valence-corrected chi connectivity index (χ3v) is 7.50. The van der Waals surface area contributed by atoms with Gasteiger partial charge in [0.25, 0.3) is 5.91 Å². The third kappa shape index (κ3) is 4.90. The molecule has 3 aromatic carbocycles. The van der Waals surface area contributed by atoms with E-state index in [-0.39, 0.29) is 22.0 Å². The van der Waals surface area contributed by atoms with Gasteiger partial charge in [0.2, 0.25) is 0 Å². The van der Waals surface area contributed by atoms with Gasteiger partial charge in [-0.2, -0.15) is 0 Å². The van der Waals surface area contributed by atoms with Gasteiger partial charge in [0, 0.05) is 35.2 Å². The molecule has 1 amide bonds. The SMILES string of the molecule is O=C(N[C@@H](Cc1ccc(-c2ncc3ccccc3c2Br)c2ncccc12)C(=O)O)c1c(Cl)cccc1Cl. The Morgan fingerprint density at radius 1 is 0.919 bits per heavy atom. The number of nitrogens with zero attached hydrogens (tertiary/aromatic N) is 2. The van der Waals surface area contributed by atoms with Crippen LogP contribution in [0.15, 0.2) is 83.6 Å². The number of carboxylic acid groups (broad SMARTS) is 1. The molecular formula is C28H18BrCl2N3O3. The number of aromatic nitrogens is 2. The van der Waals surface area contributed by atoms with Crippen molar-refractivity contribution in [3.8, 4) is 11.3 Å². The van der Waals surface area contributed by atoms with Crippen LogP contribution in [-0.2, 0) is 11.2 Å². The first-order chi connectivity index (χ1) is 17.8. The molecule has 0 unspecified atom stereocenters. The van der Waals surface area contributed by atoms with E-state index in [1.54, 1.807) is 18.3 Å². The average Bonchev–Trinajstić information content (AvgIpc) is 2.89. The standard InChI is InChI=1S/C28H18BrCl2N3O3/c29-24-17-6-2-1-5-16(17)14-33-26(24)19-11-10-15(18-7-4-12-32-25(18)19)13-22(28(36)37)34-27(35)23-20(30)8-3-9-21(23)31/h1-12,14,22H,13H2,(H,34,35)(H,36,37)/t22-/m0/s1. The zero-order valence-corrected chi connectivity index (χ0v) is 22.2. The summed E-state index contributed by atoms with van der Waals surface area (Å²) in [5.74, 6) is -1.84. The minimum Gasteiger partial charge on any atom is -0.480 e. The Hall–Kier alpha value is -3.52. The lowest BCUT2D eigenvalue weighted by Gasteiger charge is -2.18. The van der Waals surface area contributed by atoms with Crippen LogP contribution < -0.4 is 5.32 Å². The number of nitrogens with one attached hydrogen (secondary N) is 1. The second-order valence-electron chi connectivity index (χ2n) is 8.34. The van der Waals surface area contributed by atoms with Crippen molar-refractivity contribution in [2.45, 2.75) is 12.5 Å². The summed E-state index contributed by atoms with van der Waals surface area (Å²) in [6.45, 7) is 0. The molecule has 37 heavy (non-hydrogen) atoms. The Morgan fingerprint density at radius 3 is 2.41 bits per heavy atom. The van der Waals surface area contributed by atoms with Crippen molar-refractivity contribution >= 4 is 72.7 Å². The molecule has 0 saturated carbocycles. The largest absolute Gasteiger partial charge is 0.480 e. The highest BCUT2D eigenvalue weighted by atomic mass is 79.9. The lowest BCUT2D eigenvalue weighted by molar-refractivity contribution is -0.139. The number of carboxylic acids is 1. The Kier molecular flexibility index (Phi) is 7.11. The molecule has 184 valence electrons. The smallest absolute Gasteiger partial charge is 0.326 e. The van der Waals surface area contributed by atoms with Crippen LogP contribution in [0.25, 0.3) is 32.9 Å². The summed E-state index contributed by atoms with van der Waals surface area (Å²) >= 11 is 16.0. The molecule has 0 spiro atoms. The van der Waals surface area contributed by atoms with E-state index >= 15 is 0 Å². The van der Waals surface area contributed by atoms with Crippen LogP contribution in [0.1, 0.15) is 15.9 Å². The summed E-state index contributed by atoms with van der Waals surface area (Å²) in [4.78, 5) is 34.3. The summed E-state index contributed by atoms with van der Waals surface area (Å²) in [6.07, 6.45) is 3.52. The van der Waals surface area contributed by atoms with Crippen LogP contribution in [0, 0.1) is 0 Å². The van der Waals surface area contributed by atoms with Gasteiger partial charge in [-0.1, -0.05) is 71.7 Å². The summed E-state index contributed by atoms with van der Waals surface area (Å²) in [7, 11) is 0. The fourth-order valence-electron chi connectivity index (χ4n) is 4.28. The maximum absolute atomic E-state index is 12.9. The monoisotopic (exact) mass is 593 g/mol. The molecule has 6 nitrogen and oxygen atoms in total. The molecule has 5 aromatic rings. The summed E-state index contributed by atoms with van der Waals surface area (Å²) in [5, 5.41) is 15.5. The van der Waals surface area contributed by atoms with Crippen molar-refractivity contribution in [1.82, 2.24) is 15.3 Å². The number of rotatable bonds is 6. The topological polar surface area (TPSA) is 92.2 Å². The molecule has 0 fully saturated rings. The first kappa shape index (κ1) is 25.1. The Morgan fingerprint density at radius 2 is 1.65 bits per heavy atom. The highest BCUT2D eigenvalue weighted by molar-refractivity contribution is 9.10. The highest BCUT2D eigenvalue weighted by Crippen LogP contribution is 2.36. The van der Waals surface area contributed by atoms with Gasteiger partial charge in [0.1, 0.15) is 6.04 Å². The fourth-order valence-corrected chi connectivity index (χ4v) is 5.53. The number of hydrogen-bond donors (Lipinski definition) is 2. The van der Waals surface area contributed by atoms with Crippen LogP contribution >= 0.6 is 39.1 Å². The van der Waals surface area contributed by atoms with E-state index in [0.717, 1.165) is 31.9 Å². The summed E-state index contributed by atoms with van der Waals surface area (Å²) < 4.78 is 0.845. The predicted octanol–water partition coefficient (Wildman–Crippen LogP) is 6.95. The van der Waals surface area contributed by atoms with Crippen molar-refractivity contribution in [3.05, 3.63) is 105 Å². The van der Waals surface area contributed by atoms with Crippen LogP contribution in [0.2, 0.25) is 10.0 Å². The normalized spacial score (nSPS) is 12.0. The Bertz CT molecular complexity index is 1670. The number of fused-ring (bicyclic) bond motifs is 2. The minimum atomic E-state index is -1.22. The van der Waals surface area contributed by atoms with Gasteiger partial charge in [-0.3, -0.25) is 14.8 Å². The van der Waals surface area contributed by atoms with Crippen molar-refractivity contribution < 1.29 is 14.7 Å². The quantitative estimate of drug-likeness (QED) is 0.222. The fraction of sp³-hybridized carbons (Fsp3) is 0.0714. The summed E-state index contributed by atoms with van der Waals surface area (Å²) in [5.41, 5.74) is 2.95. The van der Waals surface area contributed by atoms with Gasteiger partial charge in [0.15, 0.2) is 0 Å². The van der Waals surface area contributed by atoms with Gasteiger partial charge in [0.05, 0.1) is 31.3 Å². The molecule has 2 aromatic heterocycles. The predicted molar refractivity (Wildman–Crippen MR) is 149 cm³/mol. The van der Waals surface area contributed by atoms with Crippen LogP contribution in [0.5, 0.6) is 0 Å². The van der Waals surface area contributed by atoms with Crippen LogP contribution in [0.3, 0.4) is 0 Å². The molecule has 0 radical (unpaired) electrons. The van der Waals surface area contributed by atoms with Crippen molar-refractivity contribution in [2.75, 3.05) is 0 Å². The van der Waals surface area contributed by atoms with Crippen molar-refractivity contribution in [2.24, 2.45) is 0 Å². The maximum Gasteiger partial charge on any atom is 0.326 e. The maximum atomic E-state index is 12.9. The summed E-state index contributed by atoms with van der Waals surface area (Å²) in [6, 6.07) is 18.7. The number of halogens is 3. The average molecular weight is 595 g/mol. The minimum absolute atomic E-state index is 0.0257. The number of hydrogen-bond acceptors (Lipinski definition) is 4. The van der Waals surface area contributed by atoms with E-state index in [1.165, 1.54) is 12.1 Å². The molecule has 0 aliphatic rings. The van der Waals surface area contributed by atoms with E-state index in [4.69, 9.17) is 23.2 Å². The molecule has 1 atom stereocenters. The van der Waals surface area contributed by atoms with E-state index < -0.39 is 17.9 Å². The molecule has 9 heteroatoms.